The van der Waals surface area contributed by atoms with Crippen molar-refractivity contribution in [1.82, 2.24) is 5.59 Å². The minimum absolute atomic E-state index is 0.765. The molecule has 2 aromatic rings. The van der Waals surface area contributed by atoms with Crippen molar-refractivity contribution in [2.75, 3.05) is 5.43 Å². The lowest BCUT2D eigenvalue weighted by atomic mass is 10.3. The first kappa shape index (κ1) is 9.55. The van der Waals surface area contributed by atoms with Crippen LogP contribution in [-0.4, -0.2) is 0 Å². The third-order valence-corrected chi connectivity index (χ3v) is 1.88. The van der Waals surface area contributed by atoms with Crippen LogP contribution in [0.4, 0.5) is 5.69 Å². The highest BCUT2D eigenvalue weighted by atomic mass is 16.7. The third kappa shape index (κ3) is 3.00. The van der Waals surface area contributed by atoms with Crippen LogP contribution >= 0.6 is 0 Å². The molecule has 0 aromatic heterocycles. The Bertz CT molecular complexity index is 349. The van der Waals surface area contributed by atoms with Gasteiger partial charge in [-0.2, -0.15) is 0 Å². The summed E-state index contributed by atoms with van der Waals surface area (Å²) in [5, 5.41) is 0. The van der Waals surface area contributed by atoms with Crippen LogP contribution in [0.1, 0.15) is 0 Å². The zero-order valence-electron chi connectivity index (χ0n) is 8.18. The van der Waals surface area contributed by atoms with Crippen molar-refractivity contribution in [3.05, 3.63) is 60.7 Å². The van der Waals surface area contributed by atoms with Crippen molar-refractivity contribution < 1.29 is 4.84 Å². The Kier molecular flexibility index (Phi) is 3.20. The van der Waals surface area contributed by atoms with E-state index in [1.54, 1.807) is 0 Å². The summed E-state index contributed by atoms with van der Waals surface area (Å²) < 4.78 is 0. The number of hydrazine groups is 1. The van der Waals surface area contributed by atoms with Gasteiger partial charge in [-0.15, -0.1) is 0 Å². The normalized spacial score (nSPS) is 9.60. The quantitative estimate of drug-likeness (QED) is 0.744. The molecule has 0 spiro atoms. The maximum absolute atomic E-state index is 5.25. The van der Waals surface area contributed by atoms with E-state index in [-0.39, 0.29) is 0 Å². The van der Waals surface area contributed by atoms with Crippen molar-refractivity contribution in [2.45, 2.75) is 0 Å². The van der Waals surface area contributed by atoms with Crippen LogP contribution < -0.4 is 15.9 Å². The molecule has 0 bridgehead atoms. The van der Waals surface area contributed by atoms with Crippen LogP contribution in [0.25, 0.3) is 0 Å². The van der Waals surface area contributed by atoms with Crippen LogP contribution in [0, 0.1) is 0 Å². The maximum Gasteiger partial charge on any atom is 0.149 e. The molecule has 0 aliphatic rings. The fourth-order valence-electron chi connectivity index (χ4n) is 1.15. The lowest BCUT2D eigenvalue weighted by molar-refractivity contribution is 0.222. The smallest absolute Gasteiger partial charge is 0.149 e. The first-order chi connectivity index (χ1) is 7.45. The van der Waals surface area contributed by atoms with E-state index in [1.165, 1.54) is 0 Å². The molecule has 76 valence electrons. The van der Waals surface area contributed by atoms with Gasteiger partial charge in [-0.05, 0) is 24.3 Å². The Balaban J connectivity index is 1.81. The van der Waals surface area contributed by atoms with Gasteiger partial charge in [0.2, 0.25) is 0 Å². The van der Waals surface area contributed by atoms with Gasteiger partial charge in [0.15, 0.2) is 0 Å². The Labute approximate surface area is 88.6 Å². The zero-order chi connectivity index (χ0) is 10.3. The van der Waals surface area contributed by atoms with Crippen molar-refractivity contribution in [3.63, 3.8) is 0 Å². The Morgan fingerprint density at radius 3 is 2.00 bits per heavy atom. The third-order valence-electron chi connectivity index (χ3n) is 1.88. The standard InChI is InChI=1S/C12H12N2O/c1-3-7-11(8-4-1)13-14-15-12-9-5-2-6-10-12/h1-10,13-14H. The molecule has 0 unspecified atom stereocenters. The van der Waals surface area contributed by atoms with E-state index in [2.05, 4.69) is 11.0 Å². The summed E-state index contributed by atoms with van der Waals surface area (Å²) >= 11 is 0. The zero-order valence-corrected chi connectivity index (χ0v) is 8.18. The highest BCUT2D eigenvalue weighted by molar-refractivity contribution is 5.41. The molecule has 0 amide bonds. The number of anilines is 1. The van der Waals surface area contributed by atoms with Gasteiger partial charge in [0.25, 0.3) is 0 Å². The van der Waals surface area contributed by atoms with Gasteiger partial charge in [-0.1, -0.05) is 42.0 Å². The highest BCUT2D eigenvalue weighted by Crippen LogP contribution is 2.07. The molecule has 15 heavy (non-hydrogen) atoms. The molecule has 0 aliphatic carbocycles. The van der Waals surface area contributed by atoms with Crippen LogP contribution in [0.5, 0.6) is 5.75 Å². The molecule has 0 aliphatic heterocycles. The topological polar surface area (TPSA) is 33.3 Å². The number of para-hydroxylation sites is 2. The number of hydrogen-bond donors (Lipinski definition) is 2. The summed E-state index contributed by atoms with van der Waals surface area (Å²) in [4.78, 5) is 5.25. The van der Waals surface area contributed by atoms with Gasteiger partial charge in [-0.3, -0.25) is 5.43 Å². The predicted octanol–water partition coefficient (Wildman–Crippen LogP) is 2.60. The largest absolute Gasteiger partial charge is 0.389 e. The van der Waals surface area contributed by atoms with Crippen LogP contribution in [-0.2, 0) is 0 Å². The molecule has 2 aromatic carbocycles. The fraction of sp³-hybridized carbons (Fsp3) is 0. The van der Waals surface area contributed by atoms with E-state index in [0.29, 0.717) is 0 Å². The minimum atomic E-state index is 0.765. The molecule has 3 nitrogen and oxygen atoms in total. The van der Waals surface area contributed by atoms with E-state index in [1.807, 2.05) is 60.7 Å². The van der Waals surface area contributed by atoms with Crippen molar-refractivity contribution in [3.8, 4) is 5.75 Å². The summed E-state index contributed by atoms with van der Waals surface area (Å²) in [6.45, 7) is 0. The average molecular weight is 200 g/mol. The van der Waals surface area contributed by atoms with E-state index in [0.717, 1.165) is 11.4 Å². The summed E-state index contributed by atoms with van der Waals surface area (Å²) in [6.07, 6.45) is 0. The Hall–Kier alpha value is -2.00. The van der Waals surface area contributed by atoms with Crippen molar-refractivity contribution in [2.24, 2.45) is 0 Å². The molecule has 0 atom stereocenters. The highest BCUT2D eigenvalue weighted by Gasteiger charge is 1.90. The average Bonchev–Trinajstić information content (AvgIpc) is 2.32. The molecular formula is C12H12N2O. The van der Waals surface area contributed by atoms with Gasteiger partial charge < -0.3 is 4.84 Å². The van der Waals surface area contributed by atoms with Gasteiger partial charge in [-0.25, -0.2) is 0 Å². The molecule has 2 N–H and O–H groups in total. The molecule has 0 radical (unpaired) electrons. The molecular weight excluding hydrogens is 188 g/mol. The number of hydrogen-bond acceptors (Lipinski definition) is 3. The molecule has 0 saturated heterocycles. The summed E-state index contributed by atoms with van der Waals surface area (Å²) in [5.41, 5.74) is 6.54. The monoisotopic (exact) mass is 200 g/mol. The fourth-order valence-corrected chi connectivity index (χ4v) is 1.15. The van der Waals surface area contributed by atoms with E-state index in [9.17, 15) is 0 Å². The summed E-state index contributed by atoms with van der Waals surface area (Å²) in [6, 6.07) is 19.3. The Morgan fingerprint density at radius 1 is 0.733 bits per heavy atom. The van der Waals surface area contributed by atoms with Gasteiger partial charge in [0, 0.05) is 0 Å². The maximum atomic E-state index is 5.25. The first-order valence-corrected chi connectivity index (χ1v) is 4.73. The first-order valence-electron chi connectivity index (χ1n) is 4.73. The Morgan fingerprint density at radius 2 is 1.33 bits per heavy atom. The van der Waals surface area contributed by atoms with Crippen LogP contribution in [0.2, 0.25) is 0 Å². The second kappa shape index (κ2) is 5.02. The summed E-state index contributed by atoms with van der Waals surface area (Å²) in [5.74, 6) is 0.765. The summed E-state index contributed by atoms with van der Waals surface area (Å²) in [7, 11) is 0. The minimum Gasteiger partial charge on any atom is -0.389 e. The lowest BCUT2D eigenvalue weighted by Crippen LogP contribution is -2.25. The number of nitrogens with one attached hydrogen (secondary N) is 2. The molecule has 2 rings (SSSR count). The second-order valence-corrected chi connectivity index (χ2v) is 3.01. The molecule has 3 heteroatoms. The van der Waals surface area contributed by atoms with E-state index >= 15 is 0 Å². The molecule has 0 saturated carbocycles. The van der Waals surface area contributed by atoms with Gasteiger partial charge in [0.1, 0.15) is 5.75 Å². The SMILES string of the molecule is c1ccc(NNOc2ccccc2)cc1. The number of rotatable bonds is 4. The van der Waals surface area contributed by atoms with Crippen LogP contribution in [0.3, 0.4) is 0 Å². The second-order valence-electron chi connectivity index (χ2n) is 3.01. The predicted molar refractivity (Wildman–Crippen MR) is 60.3 cm³/mol. The van der Waals surface area contributed by atoms with Gasteiger partial charge in [0.05, 0.1) is 5.69 Å². The molecule has 0 heterocycles. The van der Waals surface area contributed by atoms with Crippen molar-refractivity contribution in [1.29, 1.82) is 0 Å². The molecule has 0 fully saturated rings. The van der Waals surface area contributed by atoms with E-state index in [4.69, 9.17) is 4.84 Å². The van der Waals surface area contributed by atoms with Crippen molar-refractivity contribution >= 4 is 5.69 Å². The lowest BCUT2D eigenvalue weighted by Gasteiger charge is -2.08. The van der Waals surface area contributed by atoms with Gasteiger partial charge >= 0.3 is 0 Å². The number of benzene rings is 2. The van der Waals surface area contributed by atoms with E-state index < -0.39 is 0 Å². The van der Waals surface area contributed by atoms with Crippen LogP contribution in [0.15, 0.2) is 60.7 Å².